The third kappa shape index (κ3) is 4.76. The lowest BCUT2D eigenvalue weighted by molar-refractivity contribution is 0.102. The predicted octanol–water partition coefficient (Wildman–Crippen LogP) is 3.40. The van der Waals surface area contributed by atoms with Crippen molar-refractivity contribution in [2.45, 2.75) is 6.42 Å². The highest BCUT2D eigenvalue weighted by Crippen LogP contribution is 2.23. The number of ether oxygens (including phenoxy) is 2. The maximum Gasteiger partial charge on any atom is 0.276 e. The van der Waals surface area contributed by atoms with Gasteiger partial charge in [0.2, 0.25) is 0 Å². The highest BCUT2D eigenvalue weighted by Gasteiger charge is 2.11. The molecule has 2 N–H and O–H groups in total. The number of amides is 1. The zero-order valence-electron chi connectivity index (χ0n) is 15.8. The second kappa shape index (κ2) is 9.36. The molecule has 0 atom stereocenters. The fourth-order valence-corrected chi connectivity index (χ4v) is 2.72. The zero-order chi connectivity index (χ0) is 19.8. The third-order valence-corrected chi connectivity index (χ3v) is 4.15. The molecule has 0 fully saturated rings. The Morgan fingerprint density at radius 1 is 0.893 bits per heavy atom. The summed E-state index contributed by atoms with van der Waals surface area (Å²) in [6.07, 6.45) is 0.779. The lowest BCUT2D eigenvalue weighted by atomic mass is 10.1. The molecule has 0 saturated heterocycles. The summed E-state index contributed by atoms with van der Waals surface area (Å²) in [4.78, 5) is 12.4. The lowest BCUT2D eigenvalue weighted by Crippen LogP contribution is -2.15. The van der Waals surface area contributed by atoms with Crippen molar-refractivity contribution in [3.63, 3.8) is 0 Å². The van der Waals surface area contributed by atoms with E-state index < -0.39 is 0 Å². The van der Waals surface area contributed by atoms with Gasteiger partial charge in [-0.3, -0.25) is 4.79 Å². The number of nitrogens with zero attached hydrogens (tertiary/aromatic N) is 2. The van der Waals surface area contributed by atoms with Crippen LogP contribution in [0.5, 0.6) is 11.5 Å². The summed E-state index contributed by atoms with van der Waals surface area (Å²) < 4.78 is 10.6. The van der Waals surface area contributed by atoms with Crippen molar-refractivity contribution in [3.05, 3.63) is 71.9 Å². The van der Waals surface area contributed by atoms with Crippen molar-refractivity contribution in [2.75, 3.05) is 31.4 Å². The van der Waals surface area contributed by atoms with Crippen molar-refractivity contribution >= 4 is 17.4 Å². The molecule has 0 aliphatic carbocycles. The largest absolute Gasteiger partial charge is 0.496 e. The van der Waals surface area contributed by atoms with Gasteiger partial charge in [0.25, 0.3) is 5.91 Å². The van der Waals surface area contributed by atoms with Crippen LogP contribution in [0.15, 0.2) is 60.7 Å². The molecular weight excluding hydrogens is 356 g/mol. The molecule has 3 rings (SSSR count). The quantitative estimate of drug-likeness (QED) is 0.625. The summed E-state index contributed by atoms with van der Waals surface area (Å²) in [6, 6.07) is 18.4. The van der Waals surface area contributed by atoms with Crippen molar-refractivity contribution in [2.24, 2.45) is 0 Å². The van der Waals surface area contributed by atoms with Crippen LogP contribution in [0.2, 0.25) is 0 Å². The highest BCUT2D eigenvalue weighted by molar-refractivity contribution is 6.03. The van der Waals surface area contributed by atoms with E-state index in [0.717, 1.165) is 17.7 Å². The number of hydrogen-bond acceptors (Lipinski definition) is 6. The molecule has 7 heteroatoms. The molecule has 2 aromatic carbocycles. The van der Waals surface area contributed by atoms with Gasteiger partial charge < -0.3 is 20.1 Å². The predicted molar refractivity (Wildman–Crippen MR) is 108 cm³/mol. The van der Waals surface area contributed by atoms with Gasteiger partial charge in [-0.15, -0.1) is 10.2 Å². The van der Waals surface area contributed by atoms with Gasteiger partial charge >= 0.3 is 0 Å². The van der Waals surface area contributed by atoms with Crippen molar-refractivity contribution in [1.29, 1.82) is 0 Å². The summed E-state index contributed by atoms with van der Waals surface area (Å²) in [5.41, 5.74) is 1.91. The van der Waals surface area contributed by atoms with E-state index in [4.69, 9.17) is 9.47 Å². The number of nitrogens with one attached hydrogen (secondary N) is 2. The summed E-state index contributed by atoms with van der Waals surface area (Å²) in [5, 5.41) is 14.0. The van der Waals surface area contributed by atoms with Gasteiger partial charge in [0.15, 0.2) is 5.69 Å². The number of hydrogen-bond donors (Lipinski definition) is 2. The van der Waals surface area contributed by atoms with Gasteiger partial charge in [-0.05, 0) is 42.3 Å². The number of anilines is 2. The first-order valence-corrected chi connectivity index (χ1v) is 8.85. The van der Waals surface area contributed by atoms with Crippen LogP contribution < -0.4 is 20.1 Å². The number of benzene rings is 2. The second-order valence-corrected chi connectivity index (χ2v) is 5.95. The zero-order valence-corrected chi connectivity index (χ0v) is 15.8. The average Bonchev–Trinajstić information content (AvgIpc) is 2.75. The minimum absolute atomic E-state index is 0.223. The van der Waals surface area contributed by atoms with Crippen molar-refractivity contribution in [3.8, 4) is 11.5 Å². The first-order chi connectivity index (χ1) is 13.7. The number of methoxy groups -OCH3 is 2. The molecule has 7 nitrogen and oxygen atoms in total. The molecule has 0 aliphatic rings. The smallest absolute Gasteiger partial charge is 0.276 e. The number of carbonyl (C=O) groups excluding carboxylic acids is 1. The van der Waals surface area contributed by atoms with Crippen LogP contribution in [0, 0.1) is 0 Å². The van der Waals surface area contributed by atoms with E-state index >= 15 is 0 Å². The number of carbonyl (C=O) groups is 1. The summed E-state index contributed by atoms with van der Waals surface area (Å²) in [6.45, 7) is 0.668. The van der Waals surface area contributed by atoms with E-state index in [-0.39, 0.29) is 11.6 Å². The van der Waals surface area contributed by atoms with Gasteiger partial charge in [0, 0.05) is 6.54 Å². The SMILES string of the molecule is COc1ccccc1CCNc1ccc(C(=O)Nc2ccccc2OC)nn1. The normalized spacial score (nSPS) is 10.2. The number of rotatable bonds is 8. The van der Waals surface area contributed by atoms with Gasteiger partial charge in [-0.2, -0.15) is 0 Å². The first kappa shape index (κ1) is 19.2. The average molecular weight is 378 g/mol. The third-order valence-electron chi connectivity index (χ3n) is 4.15. The Morgan fingerprint density at radius 3 is 2.32 bits per heavy atom. The van der Waals surface area contributed by atoms with Gasteiger partial charge in [0.1, 0.15) is 17.3 Å². The molecule has 0 radical (unpaired) electrons. The Kier molecular flexibility index (Phi) is 6.41. The van der Waals surface area contributed by atoms with Gasteiger partial charge in [0.05, 0.1) is 19.9 Å². The standard InChI is InChI=1S/C21H22N4O3/c1-27-18-9-5-3-7-15(18)13-14-22-20-12-11-17(24-25-20)21(26)23-16-8-4-6-10-19(16)28-2/h3-12H,13-14H2,1-2H3,(H,22,25)(H,23,26). The Labute approximate surface area is 163 Å². The molecule has 1 aromatic heterocycles. The molecule has 1 heterocycles. The molecule has 0 spiro atoms. The lowest BCUT2D eigenvalue weighted by Gasteiger charge is -2.10. The van der Waals surface area contributed by atoms with E-state index in [1.54, 1.807) is 38.5 Å². The van der Waals surface area contributed by atoms with Crippen molar-refractivity contribution < 1.29 is 14.3 Å². The maximum atomic E-state index is 12.4. The Bertz CT molecular complexity index is 929. The molecule has 0 unspecified atom stereocenters. The minimum atomic E-state index is -0.349. The fraction of sp³-hybridized carbons (Fsp3) is 0.190. The Balaban J connectivity index is 1.56. The van der Waals surface area contributed by atoms with Gasteiger partial charge in [-0.1, -0.05) is 30.3 Å². The van der Waals surface area contributed by atoms with Crippen LogP contribution in [0.1, 0.15) is 16.1 Å². The van der Waals surface area contributed by atoms with Crippen LogP contribution in [0.4, 0.5) is 11.5 Å². The van der Waals surface area contributed by atoms with E-state index in [9.17, 15) is 4.79 Å². The van der Waals surface area contributed by atoms with Crippen LogP contribution >= 0.6 is 0 Å². The van der Waals surface area contributed by atoms with E-state index in [1.165, 1.54) is 0 Å². The maximum absolute atomic E-state index is 12.4. The minimum Gasteiger partial charge on any atom is -0.496 e. The van der Waals surface area contributed by atoms with Crippen LogP contribution in [0.25, 0.3) is 0 Å². The number of aromatic nitrogens is 2. The Hall–Kier alpha value is -3.61. The van der Waals surface area contributed by atoms with Crippen LogP contribution in [-0.2, 0) is 6.42 Å². The van der Waals surface area contributed by atoms with Crippen molar-refractivity contribution in [1.82, 2.24) is 10.2 Å². The first-order valence-electron chi connectivity index (χ1n) is 8.85. The molecular formula is C21H22N4O3. The summed E-state index contributed by atoms with van der Waals surface area (Å²) >= 11 is 0. The Morgan fingerprint density at radius 2 is 1.61 bits per heavy atom. The molecule has 1 amide bonds. The monoisotopic (exact) mass is 378 g/mol. The highest BCUT2D eigenvalue weighted by atomic mass is 16.5. The molecule has 0 bridgehead atoms. The topological polar surface area (TPSA) is 85.4 Å². The molecule has 144 valence electrons. The molecule has 0 saturated carbocycles. The summed E-state index contributed by atoms with van der Waals surface area (Å²) in [7, 11) is 3.21. The molecule has 3 aromatic rings. The summed E-state index contributed by atoms with van der Waals surface area (Å²) in [5.74, 6) is 1.69. The second-order valence-electron chi connectivity index (χ2n) is 5.95. The fourth-order valence-electron chi connectivity index (χ4n) is 2.72. The van der Waals surface area contributed by atoms with Crippen LogP contribution in [-0.4, -0.2) is 36.9 Å². The van der Waals surface area contributed by atoms with E-state index in [0.29, 0.717) is 23.8 Å². The van der Waals surface area contributed by atoms with Gasteiger partial charge in [-0.25, -0.2) is 0 Å². The van der Waals surface area contributed by atoms with E-state index in [2.05, 4.69) is 20.8 Å². The molecule has 0 aliphatic heterocycles. The van der Waals surface area contributed by atoms with E-state index in [1.807, 2.05) is 36.4 Å². The van der Waals surface area contributed by atoms with Crippen LogP contribution in [0.3, 0.4) is 0 Å². The number of para-hydroxylation sites is 3. The molecule has 28 heavy (non-hydrogen) atoms.